The summed E-state index contributed by atoms with van der Waals surface area (Å²) in [5.74, 6) is 0.344. The smallest absolute Gasteiger partial charge is 0.423 e. The Kier molecular flexibility index (Phi) is 5.26. The highest BCUT2D eigenvalue weighted by Crippen LogP contribution is 2.43. The summed E-state index contributed by atoms with van der Waals surface area (Å²) < 4.78 is 62.6. The lowest BCUT2D eigenvalue weighted by Crippen LogP contribution is -2.35. The molecule has 0 bridgehead atoms. The number of nitrogens with zero attached hydrogens (tertiary/aromatic N) is 4. The fraction of sp³-hybridized carbons (Fsp3) is 0.458. The van der Waals surface area contributed by atoms with Gasteiger partial charge in [-0.1, -0.05) is 12.1 Å². The Labute approximate surface area is 188 Å². The summed E-state index contributed by atoms with van der Waals surface area (Å²) in [7, 11) is 0. The molecule has 0 spiro atoms. The molecule has 2 heterocycles. The second kappa shape index (κ2) is 8.01. The summed E-state index contributed by atoms with van der Waals surface area (Å²) in [4.78, 5) is 0. The van der Waals surface area contributed by atoms with Crippen molar-refractivity contribution in [3.63, 3.8) is 0 Å². The van der Waals surface area contributed by atoms with Crippen molar-refractivity contribution in [1.82, 2.24) is 14.6 Å². The number of hydrogen-bond acceptors (Lipinski definition) is 4. The Morgan fingerprint density at radius 1 is 1.06 bits per heavy atom. The van der Waals surface area contributed by atoms with Crippen molar-refractivity contribution in [2.75, 3.05) is 0 Å². The van der Waals surface area contributed by atoms with Gasteiger partial charge in [0.15, 0.2) is 5.65 Å². The Balaban J connectivity index is 1.38. The third-order valence-corrected chi connectivity index (χ3v) is 6.75. The van der Waals surface area contributed by atoms with Gasteiger partial charge in [-0.2, -0.15) is 18.4 Å². The second-order valence-corrected chi connectivity index (χ2v) is 9.03. The summed E-state index contributed by atoms with van der Waals surface area (Å²) in [6, 6.07) is 9.51. The minimum absolute atomic E-state index is 0.246. The van der Waals surface area contributed by atoms with Crippen LogP contribution in [-0.4, -0.2) is 20.7 Å². The topological polar surface area (TPSA) is 63.2 Å². The van der Waals surface area contributed by atoms with E-state index in [0.29, 0.717) is 49.4 Å². The van der Waals surface area contributed by atoms with Crippen LogP contribution in [0.25, 0.3) is 5.65 Å². The van der Waals surface area contributed by atoms with Crippen LogP contribution >= 0.6 is 0 Å². The van der Waals surface area contributed by atoms with Crippen molar-refractivity contribution >= 4 is 5.65 Å². The molecule has 5 nitrogen and oxygen atoms in total. The van der Waals surface area contributed by atoms with Gasteiger partial charge in [-0.15, -0.1) is 10.2 Å². The summed E-state index contributed by atoms with van der Waals surface area (Å²) in [6.07, 6.45) is 0.808. The molecule has 2 aromatic heterocycles. The van der Waals surface area contributed by atoms with Crippen LogP contribution in [0.1, 0.15) is 55.5 Å². The summed E-state index contributed by atoms with van der Waals surface area (Å²) in [5, 5.41) is 17.7. The zero-order valence-electron chi connectivity index (χ0n) is 17.8. The molecule has 0 N–H and O–H groups in total. The van der Waals surface area contributed by atoms with Crippen molar-refractivity contribution in [3.05, 3.63) is 59.3 Å². The zero-order chi connectivity index (χ0) is 23.2. The SMILES string of the molecule is N#CC1(c2ccc(F)cc2)CCC(Oc2ccn3c(CC4CC4)nnc3c2C(F)(F)F)CC1. The lowest BCUT2D eigenvalue weighted by atomic mass is 9.70. The first kappa shape index (κ1) is 21.7. The molecule has 2 aliphatic rings. The lowest BCUT2D eigenvalue weighted by Gasteiger charge is -2.35. The summed E-state index contributed by atoms with van der Waals surface area (Å²) in [6.45, 7) is 0. The molecule has 9 heteroatoms. The predicted octanol–water partition coefficient (Wildman–Crippen LogP) is 5.62. The predicted molar refractivity (Wildman–Crippen MR) is 111 cm³/mol. The number of halogens is 4. The molecule has 172 valence electrons. The average Bonchev–Trinajstić information content (AvgIpc) is 3.52. The maximum atomic E-state index is 14.0. The van der Waals surface area contributed by atoms with E-state index in [1.165, 1.54) is 22.6 Å². The summed E-state index contributed by atoms with van der Waals surface area (Å²) in [5.41, 5.74) is -1.25. The minimum atomic E-state index is -4.65. The number of benzene rings is 1. The van der Waals surface area contributed by atoms with Crippen molar-refractivity contribution in [2.45, 2.75) is 62.6 Å². The number of nitriles is 1. The van der Waals surface area contributed by atoms with Crippen LogP contribution in [-0.2, 0) is 18.0 Å². The molecule has 0 atom stereocenters. The van der Waals surface area contributed by atoms with Crippen LogP contribution in [0, 0.1) is 23.1 Å². The molecular formula is C24H22F4N4O. The quantitative estimate of drug-likeness (QED) is 0.466. The van der Waals surface area contributed by atoms with Gasteiger partial charge in [0.25, 0.3) is 0 Å². The number of alkyl halides is 3. The zero-order valence-corrected chi connectivity index (χ0v) is 17.8. The number of hydrogen-bond donors (Lipinski definition) is 0. The number of aromatic nitrogens is 3. The molecule has 3 aromatic rings. The molecule has 33 heavy (non-hydrogen) atoms. The average molecular weight is 458 g/mol. The number of rotatable bonds is 5. The van der Waals surface area contributed by atoms with E-state index in [-0.39, 0.29) is 17.2 Å². The van der Waals surface area contributed by atoms with Gasteiger partial charge in [0.2, 0.25) is 0 Å². The first-order chi connectivity index (χ1) is 15.8. The van der Waals surface area contributed by atoms with E-state index in [4.69, 9.17) is 4.74 Å². The molecule has 0 unspecified atom stereocenters. The van der Waals surface area contributed by atoms with Gasteiger partial charge >= 0.3 is 6.18 Å². The van der Waals surface area contributed by atoms with Crippen LogP contribution in [0.3, 0.4) is 0 Å². The van der Waals surface area contributed by atoms with E-state index in [0.717, 1.165) is 12.8 Å². The maximum absolute atomic E-state index is 14.0. The molecule has 0 aliphatic heterocycles. The van der Waals surface area contributed by atoms with Gasteiger partial charge in [0.05, 0.1) is 17.6 Å². The minimum Gasteiger partial charge on any atom is -0.490 e. The van der Waals surface area contributed by atoms with Gasteiger partial charge in [-0.3, -0.25) is 4.40 Å². The molecule has 0 amide bonds. The highest BCUT2D eigenvalue weighted by molar-refractivity contribution is 5.57. The molecule has 2 saturated carbocycles. The molecule has 5 rings (SSSR count). The van der Waals surface area contributed by atoms with Crippen LogP contribution in [0.4, 0.5) is 17.6 Å². The Morgan fingerprint density at radius 2 is 1.76 bits per heavy atom. The van der Waals surface area contributed by atoms with Crippen LogP contribution < -0.4 is 4.74 Å². The molecular weight excluding hydrogens is 436 g/mol. The maximum Gasteiger partial charge on any atom is 0.423 e. The molecule has 0 radical (unpaired) electrons. The summed E-state index contributed by atoms with van der Waals surface area (Å²) >= 11 is 0. The first-order valence-corrected chi connectivity index (χ1v) is 11.1. The number of ether oxygens (including phenoxy) is 1. The van der Waals surface area contributed by atoms with Crippen molar-refractivity contribution < 1.29 is 22.3 Å². The normalized spacial score (nSPS) is 23.4. The van der Waals surface area contributed by atoms with Crippen molar-refractivity contribution in [2.24, 2.45) is 5.92 Å². The van der Waals surface area contributed by atoms with Crippen LogP contribution in [0.15, 0.2) is 36.5 Å². The largest absolute Gasteiger partial charge is 0.490 e. The fourth-order valence-electron chi connectivity index (χ4n) is 4.69. The number of fused-ring (bicyclic) bond motifs is 1. The van der Waals surface area contributed by atoms with Gasteiger partial charge in [-0.25, -0.2) is 4.39 Å². The van der Waals surface area contributed by atoms with Gasteiger partial charge in [0.1, 0.15) is 23.0 Å². The van der Waals surface area contributed by atoms with Gasteiger partial charge in [0, 0.05) is 12.6 Å². The Morgan fingerprint density at radius 3 is 2.36 bits per heavy atom. The molecule has 1 aromatic carbocycles. The Bertz CT molecular complexity index is 1200. The van der Waals surface area contributed by atoms with E-state index < -0.39 is 23.3 Å². The second-order valence-electron chi connectivity index (χ2n) is 9.03. The first-order valence-electron chi connectivity index (χ1n) is 11.1. The lowest BCUT2D eigenvalue weighted by molar-refractivity contribution is -0.138. The van der Waals surface area contributed by atoms with Crippen LogP contribution in [0.5, 0.6) is 5.75 Å². The van der Waals surface area contributed by atoms with E-state index >= 15 is 0 Å². The molecule has 2 fully saturated rings. The molecule has 0 saturated heterocycles. The third-order valence-electron chi connectivity index (χ3n) is 6.75. The fourth-order valence-corrected chi connectivity index (χ4v) is 4.69. The van der Waals surface area contributed by atoms with Crippen molar-refractivity contribution in [1.29, 1.82) is 5.26 Å². The molecule has 2 aliphatic carbocycles. The van der Waals surface area contributed by atoms with Gasteiger partial charge < -0.3 is 4.74 Å². The van der Waals surface area contributed by atoms with Crippen LogP contribution in [0.2, 0.25) is 0 Å². The standard InChI is InChI=1S/C24H22F4N4O/c25-17-5-3-16(4-6-17)23(14-29)10-7-18(8-11-23)33-19-9-12-32-20(13-15-1-2-15)30-31-22(32)21(19)24(26,27)28/h3-6,9,12,15,18H,1-2,7-8,10-11,13H2. The highest BCUT2D eigenvalue weighted by atomic mass is 19.4. The monoisotopic (exact) mass is 458 g/mol. The van der Waals surface area contributed by atoms with Gasteiger partial charge in [-0.05, 0) is 68.2 Å². The third kappa shape index (κ3) is 4.14. The van der Waals surface area contributed by atoms with E-state index in [1.54, 1.807) is 18.3 Å². The van der Waals surface area contributed by atoms with E-state index in [1.807, 2.05) is 0 Å². The highest BCUT2D eigenvalue weighted by Gasteiger charge is 2.41. The van der Waals surface area contributed by atoms with E-state index in [2.05, 4.69) is 16.3 Å². The number of pyridine rings is 1. The van der Waals surface area contributed by atoms with Crippen molar-refractivity contribution in [3.8, 4) is 11.8 Å². The Hall–Kier alpha value is -3.15. The van der Waals surface area contributed by atoms with E-state index in [9.17, 15) is 22.8 Å².